The van der Waals surface area contributed by atoms with Gasteiger partial charge in [0.05, 0.1) is 24.1 Å². The van der Waals surface area contributed by atoms with Crippen LogP contribution < -0.4 is 5.32 Å². The van der Waals surface area contributed by atoms with Crippen LogP contribution in [-0.2, 0) is 19.1 Å². The van der Waals surface area contributed by atoms with Gasteiger partial charge in [-0.1, -0.05) is 12.1 Å². The molecule has 0 radical (unpaired) electrons. The van der Waals surface area contributed by atoms with Crippen LogP contribution in [0.4, 0.5) is 13.2 Å². The second-order valence-corrected chi connectivity index (χ2v) is 12.4. The predicted octanol–water partition coefficient (Wildman–Crippen LogP) is 3.18. The molecule has 1 aromatic carbocycles. The van der Waals surface area contributed by atoms with E-state index in [2.05, 4.69) is 10.3 Å². The number of fused-ring (bicyclic) bond motifs is 1. The van der Waals surface area contributed by atoms with Gasteiger partial charge < -0.3 is 20.1 Å². The third-order valence-electron chi connectivity index (χ3n) is 8.10. The number of nitrogens with zero attached hydrogens (tertiary/aromatic N) is 4. The molecule has 5 rings (SSSR count). The van der Waals surface area contributed by atoms with Crippen LogP contribution in [0.1, 0.15) is 42.9 Å². The van der Waals surface area contributed by atoms with Gasteiger partial charge in [0.1, 0.15) is 17.9 Å². The lowest BCUT2D eigenvalue weighted by Gasteiger charge is -2.32. The van der Waals surface area contributed by atoms with Gasteiger partial charge >= 0.3 is 11.9 Å². The number of nitrogens with one attached hydrogen (secondary N) is 1. The van der Waals surface area contributed by atoms with Crippen molar-refractivity contribution in [1.29, 1.82) is 0 Å². The Kier molecular flexibility index (Phi) is 8.11. The molecule has 1 amide bonds. The Labute approximate surface area is 250 Å². The maximum Gasteiger partial charge on any atom is 0.338 e. The Balaban J connectivity index is 1.57. The molecule has 2 aromatic rings. The number of carbonyl (C=O) groups is 3. The molecule has 43 heavy (non-hydrogen) atoms. The minimum Gasteiger partial charge on any atom is -0.481 e. The molecule has 1 aromatic heterocycles. The summed E-state index contributed by atoms with van der Waals surface area (Å²) >= 11 is 1.26. The van der Waals surface area contributed by atoms with E-state index in [1.807, 2.05) is 0 Å². The number of alkyl halides is 2. The van der Waals surface area contributed by atoms with Gasteiger partial charge in [-0.15, -0.1) is 11.3 Å². The van der Waals surface area contributed by atoms with E-state index < -0.39 is 66.1 Å². The fourth-order valence-corrected chi connectivity index (χ4v) is 6.42. The number of aliphatic imine (C=N–C) groups is 1. The molecule has 0 spiro atoms. The topological polar surface area (TPSA) is 124 Å². The number of halogens is 3. The van der Waals surface area contributed by atoms with Crippen LogP contribution in [0.15, 0.2) is 46.0 Å². The molecule has 2 saturated heterocycles. The minimum atomic E-state index is -2.59. The standard InChI is InChI=1S/C29H32F3N5O5S/c1-5-42-26(39)20-18(34-23(24-33-9-10-43-24)35-21(20)16-7-6-8-17(30)15(16)2)11-36-12-19(31)29(32)14-37(25(38)22(29)36)13-28(3,4)27(40)41/h6-10,19,21-22H,5,11-14H2,1-4H3,(H,34,35)(H,40,41)/t19-,21+,22-,29+/m1/s1. The number of carboxylic acids is 1. The zero-order chi connectivity index (χ0) is 31.3. The van der Waals surface area contributed by atoms with Crippen molar-refractivity contribution in [2.24, 2.45) is 10.4 Å². The number of hydrogen-bond acceptors (Lipinski definition) is 9. The number of hydrogen-bond donors (Lipinski definition) is 2. The quantitative estimate of drug-likeness (QED) is 0.411. The van der Waals surface area contributed by atoms with Crippen LogP contribution in [0.5, 0.6) is 0 Å². The highest BCUT2D eigenvalue weighted by molar-refractivity contribution is 7.11. The number of thiazole rings is 1. The Bertz CT molecular complexity index is 1510. The summed E-state index contributed by atoms with van der Waals surface area (Å²) in [5.74, 6) is -2.92. The van der Waals surface area contributed by atoms with E-state index in [4.69, 9.17) is 9.73 Å². The molecule has 0 saturated carbocycles. The molecule has 10 nitrogen and oxygen atoms in total. The number of carboxylic acid groups (broad SMARTS) is 1. The molecule has 3 aliphatic rings. The fraction of sp³-hybridized carbons (Fsp3) is 0.483. The molecule has 3 aliphatic heterocycles. The van der Waals surface area contributed by atoms with Gasteiger partial charge in [-0.3, -0.25) is 19.5 Å². The highest BCUT2D eigenvalue weighted by Crippen LogP contribution is 2.43. The maximum absolute atomic E-state index is 16.3. The molecule has 0 unspecified atom stereocenters. The van der Waals surface area contributed by atoms with Gasteiger partial charge in [-0.05, 0) is 44.9 Å². The van der Waals surface area contributed by atoms with Crippen LogP contribution in [0.25, 0.3) is 0 Å². The predicted molar refractivity (Wildman–Crippen MR) is 151 cm³/mol. The van der Waals surface area contributed by atoms with E-state index in [9.17, 15) is 23.9 Å². The number of aliphatic carboxylic acids is 1. The number of amides is 1. The molecule has 2 fully saturated rings. The van der Waals surface area contributed by atoms with Gasteiger partial charge in [0.2, 0.25) is 5.91 Å². The largest absolute Gasteiger partial charge is 0.481 e. The number of rotatable bonds is 9. The normalized spacial score (nSPS) is 25.9. The van der Waals surface area contributed by atoms with Crippen molar-refractivity contribution in [3.05, 3.63) is 63.0 Å². The van der Waals surface area contributed by atoms with Crippen molar-refractivity contribution >= 4 is 35.0 Å². The smallest absolute Gasteiger partial charge is 0.338 e. The third kappa shape index (κ3) is 5.42. The molecule has 4 atom stereocenters. The van der Waals surface area contributed by atoms with Crippen LogP contribution in [0, 0.1) is 18.2 Å². The fourth-order valence-electron chi connectivity index (χ4n) is 5.83. The van der Waals surface area contributed by atoms with Gasteiger partial charge in [0.15, 0.2) is 22.7 Å². The zero-order valence-corrected chi connectivity index (χ0v) is 24.9. The molecule has 0 aliphatic carbocycles. The Morgan fingerprint density at radius 1 is 1.33 bits per heavy atom. The number of ether oxygens (including phenoxy) is 1. The Morgan fingerprint density at radius 2 is 2.07 bits per heavy atom. The first kappa shape index (κ1) is 30.7. The Hall–Kier alpha value is -3.78. The number of esters is 1. The second kappa shape index (κ2) is 11.4. The van der Waals surface area contributed by atoms with Crippen molar-refractivity contribution in [2.75, 3.05) is 32.8 Å². The lowest BCUT2D eigenvalue weighted by Crippen LogP contribution is -2.48. The third-order valence-corrected chi connectivity index (χ3v) is 8.88. The summed E-state index contributed by atoms with van der Waals surface area (Å²) in [5.41, 5.74) is -3.14. The van der Waals surface area contributed by atoms with E-state index in [0.717, 1.165) is 4.90 Å². The van der Waals surface area contributed by atoms with E-state index in [-0.39, 0.29) is 42.4 Å². The summed E-state index contributed by atoms with van der Waals surface area (Å²) in [7, 11) is 0. The lowest BCUT2D eigenvalue weighted by atomic mass is 9.92. The monoisotopic (exact) mass is 619 g/mol. The summed E-state index contributed by atoms with van der Waals surface area (Å²) in [4.78, 5) is 50.0. The highest BCUT2D eigenvalue weighted by Gasteiger charge is 2.65. The van der Waals surface area contributed by atoms with Crippen LogP contribution in [0.3, 0.4) is 0 Å². The number of carbonyl (C=O) groups excluding carboxylic acids is 2. The molecular formula is C29H32F3N5O5S. The first-order valence-corrected chi connectivity index (χ1v) is 14.7. The summed E-state index contributed by atoms with van der Waals surface area (Å²) in [6, 6.07) is 1.82. The van der Waals surface area contributed by atoms with Crippen LogP contribution in [0.2, 0.25) is 0 Å². The second-order valence-electron chi connectivity index (χ2n) is 11.5. The summed E-state index contributed by atoms with van der Waals surface area (Å²) in [6.07, 6.45) is -0.490. The average Bonchev–Trinajstić information content (AvgIpc) is 3.62. The average molecular weight is 620 g/mol. The minimum absolute atomic E-state index is 0.0111. The van der Waals surface area contributed by atoms with Crippen molar-refractivity contribution in [1.82, 2.24) is 20.1 Å². The van der Waals surface area contributed by atoms with Gasteiger partial charge in [0.25, 0.3) is 0 Å². The van der Waals surface area contributed by atoms with Crippen molar-refractivity contribution in [2.45, 2.75) is 51.6 Å². The van der Waals surface area contributed by atoms with E-state index in [1.54, 1.807) is 31.5 Å². The molecular weight excluding hydrogens is 587 g/mol. The van der Waals surface area contributed by atoms with Crippen LogP contribution in [-0.4, -0.2) is 94.2 Å². The van der Waals surface area contributed by atoms with Gasteiger partial charge in [0, 0.05) is 36.9 Å². The van der Waals surface area contributed by atoms with Crippen molar-refractivity contribution in [3.63, 3.8) is 0 Å². The lowest BCUT2D eigenvalue weighted by molar-refractivity contribution is -0.149. The molecule has 2 N–H and O–H groups in total. The number of benzene rings is 1. The Morgan fingerprint density at radius 3 is 2.72 bits per heavy atom. The van der Waals surface area contributed by atoms with E-state index in [0.29, 0.717) is 10.6 Å². The number of amidine groups is 1. The van der Waals surface area contributed by atoms with Gasteiger partial charge in [-0.2, -0.15) is 0 Å². The molecule has 4 heterocycles. The highest BCUT2D eigenvalue weighted by atomic mass is 32.1. The van der Waals surface area contributed by atoms with E-state index in [1.165, 1.54) is 42.2 Å². The SMILES string of the molecule is CCOC(=O)C1=C(CN2C[C@@H](F)[C@@]3(F)CN(CC(C)(C)C(=O)O)C(=O)[C@@H]23)NC(c2nccs2)=N[C@H]1c1cccc(F)c1C. The molecule has 14 heteroatoms. The van der Waals surface area contributed by atoms with Crippen molar-refractivity contribution in [3.8, 4) is 0 Å². The van der Waals surface area contributed by atoms with Crippen LogP contribution >= 0.6 is 11.3 Å². The summed E-state index contributed by atoms with van der Waals surface area (Å²) in [6.45, 7) is 4.39. The van der Waals surface area contributed by atoms with Gasteiger partial charge in [-0.25, -0.2) is 22.9 Å². The van der Waals surface area contributed by atoms with Crippen molar-refractivity contribution < 1.29 is 37.4 Å². The first-order valence-electron chi connectivity index (χ1n) is 13.8. The summed E-state index contributed by atoms with van der Waals surface area (Å²) < 4.78 is 51.7. The summed E-state index contributed by atoms with van der Waals surface area (Å²) in [5, 5.41) is 14.8. The molecule has 230 valence electrons. The van der Waals surface area contributed by atoms with E-state index >= 15 is 8.78 Å². The number of aromatic nitrogens is 1. The molecule has 0 bridgehead atoms. The zero-order valence-electron chi connectivity index (χ0n) is 24.1. The number of likely N-dealkylation sites (tertiary alicyclic amines) is 2. The first-order chi connectivity index (χ1) is 20.3. The maximum atomic E-state index is 16.3.